The van der Waals surface area contributed by atoms with Crippen LogP contribution in [-0.2, 0) is 4.74 Å². The molecular formula is C38H55NO2. The molecular weight excluding hydrogens is 502 g/mol. The van der Waals surface area contributed by atoms with Gasteiger partial charge in [0.1, 0.15) is 0 Å². The molecule has 0 spiro atoms. The van der Waals surface area contributed by atoms with Crippen molar-refractivity contribution in [3.8, 4) is 0 Å². The number of hydrogen-bond donors (Lipinski definition) is 1. The second-order valence-corrected chi connectivity index (χ2v) is 16.2. The Labute approximate surface area is 250 Å². The summed E-state index contributed by atoms with van der Waals surface area (Å²) in [5.41, 5.74) is 6.22. The van der Waals surface area contributed by atoms with Crippen LogP contribution in [-0.4, -0.2) is 25.7 Å². The third-order valence-corrected chi connectivity index (χ3v) is 14.8. The fourth-order valence-electron chi connectivity index (χ4n) is 12.6. The third kappa shape index (κ3) is 3.82. The molecule has 5 aliphatic carbocycles. The summed E-state index contributed by atoms with van der Waals surface area (Å²) in [7, 11) is 3.69. The fraction of sp³-hybridized carbons (Fsp3) is 0.711. The van der Waals surface area contributed by atoms with E-state index in [2.05, 4.69) is 78.7 Å². The Hall–Kier alpha value is -1.87. The highest BCUT2D eigenvalue weighted by Gasteiger charge is 2.70. The standard InChI is InChI=1S/C38H55NO2/c1-24(2)27-16-21-38(39-8)23-22-36(6)29(32(27)38)14-15-31-35(5)19-17-28(25-10-12-26(13-11-25)33(40)41-9)34(3,4)30(35)18-20-37(31,36)7/h10-13,17,27,29-32,39H,1,14-16,18-23H2,2-9H3/t27-,29+,30-,31+,32+,35-,36+,37+,38-/m0/s1. The number of hydrogen-bond acceptors (Lipinski definition) is 3. The van der Waals surface area contributed by atoms with Crippen molar-refractivity contribution in [1.29, 1.82) is 0 Å². The molecule has 4 fully saturated rings. The minimum absolute atomic E-state index is 0.0865. The Balaban J connectivity index is 1.35. The average molecular weight is 558 g/mol. The first-order valence-corrected chi connectivity index (χ1v) is 16.5. The maximum atomic E-state index is 12.1. The summed E-state index contributed by atoms with van der Waals surface area (Å²) in [6.45, 7) is 20.0. The molecule has 3 nitrogen and oxygen atoms in total. The smallest absolute Gasteiger partial charge is 0.337 e. The van der Waals surface area contributed by atoms with Crippen LogP contribution in [0.2, 0.25) is 0 Å². The molecule has 3 heteroatoms. The van der Waals surface area contributed by atoms with Gasteiger partial charge in [-0.1, -0.05) is 65.0 Å². The van der Waals surface area contributed by atoms with Crippen LogP contribution in [0.5, 0.6) is 0 Å². The number of fused-ring (bicyclic) bond motifs is 7. The van der Waals surface area contributed by atoms with Crippen LogP contribution in [0.25, 0.3) is 5.57 Å². The second-order valence-electron chi connectivity index (χ2n) is 16.2. The lowest BCUT2D eigenvalue weighted by atomic mass is 9.33. The highest BCUT2D eigenvalue weighted by molar-refractivity contribution is 5.89. The van der Waals surface area contributed by atoms with E-state index in [1.54, 1.807) is 0 Å². The van der Waals surface area contributed by atoms with Crippen LogP contribution < -0.4 is 5.32 Å². The Morgan fingerprint density at radius 3 is 2.24 bits per heavy atom. The Bertz CT molecular complexity index is 1260. The van der Waals surface area contributed by atoms with E-state index in [0.717, 1.165) is 24.2 Å². The lowest BCUT2D eigenvalue weighted by Gasteiger charge is -2.72. The van der Waals surface area contributed by atoms with E-state index in [0.29, 0.717) is 39.2 Å². The van der Waals surface area contributed by atoms with Gasteiger partial charge in [-0.2, -0.15) is 0 Å². The SMILES string of the molecule is C=C(C)[C@@H]1CC[C@]2(NC)CC[C@]3(C)[C@H](CC[C@@H]4[C@@]5(C)CC=C(c6ccc(C(=O)OC)cc6)C(C)(C)[C@@H]5CC[C@]43C)[C@@H]12. The maximum absolute atomic E-state index is 12.1. The zero-order chi connectivity index (χ0) is 29.6. The number of methoxy groups -OCH3 is 1. The first-order valence-electron chi connectivity index (χ1n) is 16.5. The van der Waals surface area contributed by atoms with Gasteiger partial charge in [0.15, 0.2) is 0 Å². The van der Waals surface area contributed by atoms with Gasteiger partial charge in [-0.05, 0) is 146 Å². The highest BCUT2D eigenvalue weighted by Crippen LogP contribution is 2.76. The molecule has 0 bridgehead atoms. The van der Waals surface area contributed by atoms with Gasteiger partial charge in [0.25, 0.3) is 0 Å². The lowest BCUT2D eigenvalue weighted by Crippen LogP contribution is -2.67. The number of nitrogens with one attached hydrogen (secondary N) is 1. The summed E-state index contributed by atoms with van der Waals surface area (Å²) >= 11 is 0. The first-order chi connectivity index (χ1) is 19.3. The van der Waals surface area contributed by atoms with Crippen molar-refractivity contribution >= 4 is 11.5 Å². The zero-order valence-corrected chi connectivity index (χ0v) is 27.2. The summed E-state index contributed by atoms with van der Waals surface area (Å²) in [6, 6.07) is 8.14. The number of carbonyl (C=O) groups is 1. The van der Waals surface area contributed by atoms with E-state index in [1.165, 1.54) is 75.2 Å². The van der Waals surface area contributed by atoms with Gasteiger partial charge in [-0.25, -0.2) is 4.79 Å². The van der Waals surface area contributed by atoms with Crippen molar-refractivity contribution < 1.29 is 9.53 Å². The molecule has 1 N–H and O–H groups in total. The van der Waals surface area contributed by atoms with Crippen LogP contribution in [0.1, 0.15) is 115 Å². The molecule has 0 saturated heterocycles. The van der Waals surface area contributed by atoms with E-state index >= 15 is 0 Å². The summed E-state index contributed by atoms with van der Waals surface area (Å²) in [5.74, 6) is 3.32. The van der Waals surface area contributed by atoms with E-state index in [-0.39, 0.29) is 11.4 Å². The Morgan fingerprint density at radius 2 is 1.61 bits per heavy atom. The third-order valence-electron chi connectivity index (χ3n) is 14.8. The van der Waals surface area contributed by atoms with Crippen molar-refractivity contribution in [2.24, 2.45) is 51.2 Å². The number of esters is 1. The number of allylic oxidation sites excluding steroid dienone is 3. The van der Waals surface area contributed by atoms with Crippen LogP contribution in [0.3, 0.4) is 0 Å². The molecule has 6 rings (SSSR count). The number of rotatable bonds is 4. The van der Waals surface area contributed by atoms with Crippen molar-refractivity contribution in [1.82, 2.24) is 5.32 Å². The van der Waals surface area contributed by atoms with Crippen LogP contribution >= 0.6 is 0 Å². The van der Waals surface area contributed by atoms with Crippen LogP contribution in [0.4, 0.5) is 0 Å². The molecule has 0 unspecified atom stereocenters. The predicted molar refractivity (Wildman–Crippen MR) is 169 cm³/mol. The Kier molecular flexibility index (Phi) is 6.82. The maximum Gasteiger partial charge on any atom is 0.337 e. The van der Waals surface area contributed by atoms with Crippen LogP contribution in [0.15, 0.2) is 42.5 Å². The van der Waals surface area contributed by atoms with Gasteiger partial charge in [0.2, 0.25) is 0 Å². The van der Waals surface area contributed by atoms with Crippen molar-refractivity contribution in [2.75, 3.05) is 14.2 Å². The average Bonchev–Trinajstić information content (AvgIpc) is 3.33. The molecule has 5 aliphatic rings. The molecule has 0 aromatic heterocycles. The minimum Gasteiger partial charge on any atom is -0.465 e. The van der Waals surface area contributed by atoms with E-state index in [9.17, 15) is 4.79 Å². The van der Waals surface area contributed by atoms with Crippen molar-refractivity contribution in [3.63, 3.8) is 0 Å². The summed E-state index contributed by atoms with van der Waals surface area (Å²) in [5, 5.41) is 3.92. The molecule has 1 aromatic rings. The predicted octanol–water partition coefficient (Wildman–Crippen LogP) is 9.10. The quantitative estimate of drug-likeness (QED) is 0.296. The van der Waals surface area contributed by atoms with Gasteiger partial charge in [-0.3, -0.25) is 0 Å². The summed E-state index contributed by atoms with van der Waals surface area (Å²) in [6.07, 6.45) is 14.5. The highest BCUT2D eigenvalue weighted by atomic mass is 16.5. The molecule has 0 aliphatic heterocycles. The normalized spacial score (nSPS) is 44.5. The minimum atomic E-state index is -0.265. The fourth-order valence-corrected chi connectivity index (χ4v) is 12.6. The molecule has 0 heterocycles. The van der Waals surface area contributed by atoms with Gasteiger partial charge in [0.05, 0.1) is 12.7 Å². The first kappa shape index (κ1) is 29.2. The number of benzene rings is 1. The number of carbonyl (C=O) groups excluding carboxylic acids is 1. The monoisotopic (exact) mass is 557 g/mol. The summed E-state index contributed by atoms with van der Waals surface area (Å²) in [4.78, 5) is 12.1. The van der Waals surface area contributed by atoms with Gasteiger partial charge in [0, 0.05) is 5.54 Å². The topological polar surface area (TPSA) is 38.3 Å². The largest absolute Gasteiger partial charge is 0.465 e. The summed E-state index contributed by atoms with van der Waals surface area (Å²) < 4.78 is 4.94. The van der Waals surface area contributed by atoms with E-state index < -0.39 is 0 Å². The molecule has 41 heavy (non-hydrogen) atoms. The Morgan fingerprint density at radius 1 is 0.902 bits per heavy atom. The van der Waals surface area contributed by atoms with E-state index in [4.69, 9.17) is 4.74 Å². The number of ether oxygens (including phenoxy) is 1. The van der Waals surface area contributed by atoms with Gasteiger partial charge < -0.3 is 10.1 Å². The lowest BCUT2D eigenvalue weighted by molar-refractivity contribution is -0.219. The molecule has 0 radical (unpaired) electrons. The molecule has 4 saturated carbocycles. The van der Waals surface area contributed by atoms with E-state index in [1.807, 2.05) is 12.1 Å². The molecule has 9 atom stereocenters. The second kappa shape index (κ2) is 9.57. The van der Waals surface area contributed by atoms with Crippen molar-refractivity contribution in [3.05, 3.63) is 53.6 Å². The van der Waals surface area contributed by atoms with Gasteiger partial charge >= 0.3 is 5.97 Å². The van der Waals surface area contributed by atoms with Crippen LogP contribution in [0, 0.1) is 51.2 Å². The molecule has 224 valence electrons. The zero-order valence-electron chi connectivity index (χ0n) is 27.2. The van der Waals surface area contributed by atoms with Crippen molar-refractivity contribution in [2.45, 2.75) is 105 Å². The van der Waals surface area contributed by atoms with Gasteiger partial charge in [-0.15, -0.1) is 0 Å². The molecule has 0 amide bonds. The molecule has 1 aromatic carbocycles.